The zero-order chi connectivity index (χ0) is 97.8. The molecule has 22 aromatic carbocycles. The fourth-order valence-corrected chi connectivity index (χ4v) is 26.7. The molecular weight excluding hydrogens is 1800 g/mol. The van der Waals surface area contributed by atoms with Gasteiger partial charge in [0.1, 0.15) is 22.3 Å². The Kier molecular flexibility index (Phi) is 19.3. The van der Waals surface area contributed by atoms with E-state index in [-0.39, 0.29) is 16.2 Å². The molecule has 0 fully saturated rings. The van der Waals surface area contributed by atoms with Gasteiger partial charge >= 0.3 is 0 Å². The zero-order valence-electron chi connectivity index (χ0n) is 82.2. The molecule has 31 rings (SSSR count). The number of hydrogen-bond donors (Lipinski definition) is 0. The lowest BCUT2D eigenvalue weighted by molar-refractivity contribution is 0.653. The highest BCUT2D eigenvalue weighted by atomic mass is 32.1. The first-order valence-corrected chi connectivity index (χ1v) is 52.0. The third-order valence-electron chi connectivity index (χ3n) is 32.4. The van der Waals surface area contributed by atoms with Gasteiger partial charge in [-0.2, -0.15) is 0 Å². The average Bonchev–Trinajstić information content (AvgIpc) is 1.55. The normalized spacial score (nSPS) is 13.4. The molecule has 6 aromatic heterocycles. The maximum absolute atomic E-state index is 7.01. The molecule has 0 atom stereocenters. The highest BCUT2D eigenvalue weighted by Crippen LogP contribution is 2.59. The molecule has 28 aromatic rings. The largest absolute Gasteiger partial charge is 0.455 e. The van der Waals surface area contributed by atoms with Gasteiger partial charge in [-0.1, -0.05) is 424 Å². The van der Waals surface area contributed by atoms with E-state index in [4.69, 9.17) is 8.83 Å². The molecule has 6 heterocycles. The third-order valence-corrected chi connectivity index (χ3v) is 33.7. The lowest BCUT2D eigenvalue weighted by atomic mass is 9.82. The van der Waals surface area contributed by atoms with Gasteiger partial charge < -0.3 is 22.5 Å². The van der Waals surface area contributed by atoms with Crippen molar-refractivity contribution in [3.8, 4) is 128 Å². The van der Waals surface area contributed by atoms with Crippen molar-refractivity contribution in [2.45, 2.75) is 57.8 Å². The molecule has 3 aliphatic rings. The highest BCUT2D eigenvalue weighted by Gasteiger charge is 2.41. The first-order valence-electron chi connectivity index (χ1n) is 51.1. The van der Waals surface area contributed by atoms with Crippen LogP contribution in [-0.2, 0) is 16.2 Å². The van der Waals surface area contributed by atoms with Crippen LogP contribution < -0.4 is 0 Å². The van der Waals surface area contributed by atoms with Crippen LogP contribution in [0.15, 0.2) is 488 Å². The van der Waals surface area contributed by atoms with Crippen LogP contribution in [0.3, 0.4) is 0 Å². The van der Waals surface area contributed by atoms with Crippen LogP contribution in [-0.4, -0.2) is 13.7 Å². The van der Waals surface area contributed by atoms with Gasteiger partial charge in [-0.3, -0.25) is 0 Å². The summed E-state index contributed by atoms with van der Waals surface area (Å²) in [5.41, 5.74) is 47.1. The van der Waals surface area contributed by atoms with E-state index in [0.717, 1.165) is 72.1 Å². The van der Waals surface area contributed by atoms with Crippen molar-refractivity contribution in [1.82, 2.24) is 13.7 Å². The molecule has 0 unspecified atom stereocenters. The predicted molar refractivity (Wildman–Crippen MR) is 621 cm³/mol. The maximum Gasteiger partial charge on any atom is 0.143 e. The van der Waals surface area contributed by atoms with Crippen molar-refractivity contribution in [1.29, 1.82) is 0 Å². The average molecular weight is 1900 g/mol. The number of rotatable bonds is 10. The molecule has 0 N–H and O–H groups in total. The van der Waals surface area contributed by atoms with Crippen molar-refractivity contribution in [3.05, 3.63) is 513 Å². The molecule has 147 heavy (non-hydrogen) atoms. The van der Waals surface area contributed by atoms with Crippen LogP contribution >= 0.6 is 11.3 Å². The summed E-state index contributed by atoms with van der Waals surface area (Å²) in [6.45, 7) is 14.0. The van der Waals surface area contributed by atoms with E-state index in [1.165, 1.54) is 219 Å². The lowest BCUT2D eigenvalue weighted by Gasteiger charge is -2.21. The maximum atomic E-state index is 7.01. The second kappa shape index (κ2) is 33.1. The number of thiophene rings is 1. The van der Waals surface area contributed by atoms with E-state index in [0.29, 0.717) is 0 Å². The molecule has 694 valence electrons. The van der Waals surface area contributed by atoms with Crippen LogP contribution in [0.25, 0.3) is 258 Å². The number of aromatic nitrogens is 3. The Morgan fingerprint density at radius 3 is 0.871 bits per heavy atom. The van der Waals surface area contributed by atoms with E-state index in [9.17, 15) is 0 Å². The summed E-state index contributed by atoms with van der Waals surface area (Å²) in [6, 6.07) is 175. The Labute approximate surface area is 855 Å². The molecular formula is C141H97N3O2S. The number of hydrogen-bond acceptors (Lipinski definition) is 3. The van der Waals surface area contributed by atoms with Gasteiger partial charge in [0.15, 0.2) is 0 Å². The fourth-order valence-electron chi connectivity index (χ4n) is 25.3. The quantitative estimate of drug-likeness (QED) is 0.137. The number of nitrogens with zero attached hydrogens (tertiary/aromatic N) is 3. The van der Waals surface area contributed by atoms with Crippen molar-refractivity contribution in [2.24, 2.45) is 0 Å². The summed E-state index contributed by atoms with van der Waals surface area (Å²) in [6.07, 6.45) is 0. The summed E-state index contributed by atoms with van der Waals surface area (Å²) in [4.78, 5) is 0. The summed E-state index contributed by atoms with van der Waals surface area (Å²) in [7, 11) is 0. The van der Waals surface area contributed by atoms with Crippen LogP contribution in [0, 0.1) is 0 Å². The monoisotopic (exact) mass is 1900 g/mol. The summed E-state index contributed by atoms with van der Waals surface area (Å²) < 4.78 is 23.9. The minimum atomic E-state index is -0.0811. The van der Waals surface area contributed by atoms with E-state index >= 15 is 0 Å². The smallest absolute Gasteiger partial charge is 0.143 e. The van der Waals surface area contributed by atoms with Gasteiger partial charge in [0.2, 0.25) is 0 Å². The van der Waals surface area contributed by atoms with E-state index in [1.54, 1.807) is 0 Å². The molecule has 0 aliphatic heterocycles. The van der Waals surface area contributed by atoms with Gasteiger partial charge in [0.05, 0.1) is 33.1 Å². The molecule has 0 saturated heterocycles. The van der Waals surface area contributed by atoms with Crippen molar-refractivity contribution in [3.63, 3.8) is 0 Å². The number of benzene rings is 22. The lowest BCUT2D eigenvalue weighted by Crippen LogP contribution is -2.14. The Bertz CT molecular complexity index is 10100. The fraction of sp³-hybridized carbons (Fsp3) is 0.0638. The second-order valence-corrected chi connectivity index (χ2v) is 42.6. The van der Waals surface area contributed by atoms with Gasteiger partial charge in [-0.15, -0.1) is 11.3 Å². The SMILES string of the molecule is CC1(C)c2ccccc2-c2c1ccc1c2oc2c(-c3ccc(-n4c5ccc(-c6ccccc6)cc5c5cc(-c6ccccc6)ccc54)cc3)cccc21.CC1(C)c2ccccc2-c2c1ccc1c2oc2c(-c3cccc(-n4c5ccc(-c6ccccc6)cc5c5cc(-c6ccccc6)ccc54)c3)cccc21.CC1(C)c2ccccc2-c2c1ccc1c2sc2c(-c3cccc(-n4c5ccccc5c5ccccc54)c3)cccc21. The third kappa shape index (κ3) is 13.2. The zero-order valence-corrected chi connectivity index (χ0v) is 83.0. The summed E-state index contributed by atoms with van der Waals surface area (Å²) in [5, 5.41) is 14.9. The molecule has 0 spiro atoms. The number of furan rings is 2. The Morgan fingerprint density at radius 2 is 0.449 bits per heavy atom. The van der Waals surface area contributed by atoms with Crippen molar-refractivity contribution >= 4 is 141 Å². The Hall–Kier alpha value is -17.9. The molecule has 0 bridgehead atoms. The molecule has 0 amide bonds. The topological polar surface area (TPSA) is 41.1 Å². The minimum absolute atomic E-state index is 0.00969. The Balaban J connectivity index is 0.000000105. The van der Waals surface area contributed by atoms with E-state index in [2.05, 4.69) is 534 Å². The van der Waals surface area contributed by atoms with Gasteiger partial charge in [0, 0.05) is 135 Å². The van der Waals surface area contributed by atoms with Crippen molar-refractivity contribution < 1.29 is 8.83 Å². The van der Waals surface area contributed by atoms with E-state index in [1.807, 2.05) is 11.3 Å². The van der Waals surface area contributed by atoms with E-state index < -0.39 is 0 Å². The molecule has 5 nitrogen and oxygen atoms in total. The van der Waals surface area contributed by atoms with Gasteiger partial charge in [-0.25, -0.2) is 0 Å². The first kappa shape index (κ1) is 85.8. The minimum Gasteiger partial charge on any atom is -0.455 e. The first-order chi connectivity index (χ1) is 72.2. The second-order valence-electron chi connectivity index (χ2n) is 41.5. The standard InChI is InChI=1S/2C51H35NO.C39H27NS/c1-51(2)44-22-10-9-19-41(44)48-45(51)26-25-40-39-21-12-20-38(49(39)53-50(40)48)36-17-11-18-37(29-36)52-46-27-23-34(32-13-5-3-6-14-32)30-42(46)43-31-35(24-28-47(43)52)33-15-7-4-8-16-33;1-51(2)44-19-10-9-16-41(44)48-45(51)27-26-40-39-18-11-17-38(49(39)53-50(40)48)34-20-24-37(25-21-34)52-46-28-22-35(32-12-5-3-6-13-32)30-42(46)43-31-36(23-29-47(43)52)33-14-7-4-8-15-33;1-39(2)32-18-6-3-15-31(32)36-33(39)22-21-30-29-17-10-16-26(37(29)41-38(30)36)24-11-9-12-25(23-24)40-34-19-7-4-13-27(34)28-14-5-8-20-35(28)40/h2*3-31H,1-2H3;3-23H,1-2H3. The summed E-state index contributed by atoms with van der Waals surface area (Å²) in [5.74, 6) is 0. The highest BCUT2D eigenvalue weighted by molar-refractivity contribution is 7.27. The molecule has 0 saturated carbocycles. The number of fused-ring (bicyclic) bond motifs is 30. The van der Waals surface area contributed by atoms with Gasteiger partial charge in [0.25, 0.3) is 0 Å². The van der Waals surface area contributed by atoms with Crippen LogP contribution in [0.5, 0.6) is 0 Å². The van der Waals surface area contributed by atoms with Crippen LogP contribution in [0.4, 0.5) is 0 Å². The van der Waals surface area contributed by atoms with Crippen LogP contribution in [0.2, 0.25) is 0 Å². The molecule has 3 aliphatic carbocycles. The molecule has 0 radical (unpaired) electrons. The number of para-hydroxylation sites is 4. The predicted octanol–water partition coefficient (Wildman–Crippen LogP) is 39.1. The van der Waals surface area contributed by atoms with Gasteiger partial charge in [-0.05, 0) is 214 Å². The van der Waals surface area contributed by atoms with Crippen LogP contribution in [0.1, 0.15) is 74.9 Å². The molecule has 6 heteroatoms. The summed E-state index contributed by atoms with van der Waals surface area (Å²) >= 11 is 1.95. The van der Waals surface area contributed by atoms with Crippen molar-refractivity contribution in [2.75, 3.05) is 0 Å². The Morgan fingerprint density at radius 1 is 0.163 bits per heavy atom.